The van der Waals surface area contributed by atoms with Gasteiger partial charge in [0.2, 0.25) is 0 Å². The van der Waals surface area contributed by atoms with Crippen molar-refractivity contribution in [3.8, 4) is 0 Å². The molecule has 3 aromatic carbocycles. The van der Waals surface area contributed by atoms with Crippen molar-refractivity contribution in [2.45, 2.75) is 62.7 Å². The van der Waals surface area contributed by atoms with Gasteiger partial charge in [0.1, 0.15) is 0 Å². The Labute approximate surface area is 214 Å². The van der Waals surface area contributed by atoms with Crippen LogP contribution in [0.3, 0.4) is 0 Å². The van der Waals surface area contributed by atoms with Gasteiger partial charge in [-0.2, -0.15) is 0 Å². The number of thioether (sulfide) groups is 1. The zero-order valence-corrected chi connectivity index (χ0v) is 21.5. The highest BCUT2D eigenvalue weighted by Gasteiger charge is 2.37. The number of carboxylic acid groups (broad SMARTS) is 1. The third kappa shape index (κ3) is 7.46. The second-order valence-corrected chi connectivity index (χ2v) is 10.5. The van der Waals surface area contributed by atoms with Gasteiger partial charge >= 0.3 is 5.97 Å². The van der Waals surface area contributed by atoms with Gasteiger partial charge in [-0.3, -0.25) is 4.79 Å². The van der Waals surface area contributed by atoms with Crippen LogP contribution in [-0.4, -0.2) is 28.0 Å². The number of carboxylic acids is 1. The van der Waals surface area contributed by atoms with Crippen LogP contribution in [-0.2, 0) is 9.54 Å². The molecule has 0 amide bonds. The predicted molar refractivity (Wildman–Crippen MR) is 147 cm³/mol. The van der Waals surface area contributed by atoms with E-state index in [0.29, 0.717) is 12.2 Å². The van der Waals surface area contributed by atoms with Crippen molar-refractivity contribution in [1.82, 2.24) is 0 Å². The molecule has 3 aromatic rings. The Bertz CT molecular complexity index is 895. The lowest BCUT2D eigenvalue weighted by molar-refractivity contribution is -0.143. The lowest BCUT2D eigenvalue weighted by Gasteiger charge is -2.36. The summed E-state index contributed by atoms with van der Waals surface area (Å²) >= 11 is 1.68. The minimum Gasteiger partial charge on any atom is -0.481 e. The Morgan fingerprint density at radius 1 is 0.771 bits per heavy atom. The molecule has 0 spiro atoms. The largest absolute Gasteiger partial charge is 0.481 e. The van der Waals surface area contributed by atoms with Gasteiger partial charge in [-0.15, -0.1) is 11.8 Å². The summed E-state index contributed by atoms with van der Waals surface area (Å²) in [5.74, 6) is -0.866. The fourth-order valence-electron chi connectivity index (χ4n) is 4.72. The molecule has 0 aromatic heterocycles. The number of unbranched alkanes of at least 4 members (excludes halogenated alkanes) is 4. The van der Waals surface area contributed by atoms with Gasteiger partial charge in [0.05, 0.1) is 16.8 Å². The van der Waals surface area contributed by atoms with Crippen LogP contribution in [0.25, 0.3) is 0 Å². The molecule has 0 saturated carbocycles. The number of aliphatic carboxylic acids is 1. The molecule has 0 saturated heterocycles. The lowest BCUT2D eigenvalue weighted by Crippen LogP contribution is -2.29. The first-order valence-corrected chi connectivity index (χ1v) is 13.8. The third-order valence-corrected chi connectivity index (χ3v) is 8.29. The molecule has 2 atom stereocenters. The zero-order valence-electron chi connectivity index (χ0n) is 20.7. The number of benzene rings is 3. The van der Waals surface area contributed by atoms with Gasteiger partial charge in [0.15, 0.2) is 0 Å². The molecule has 0 aliphatic heterocycles. The van der Waals surface area contributed by atoms with Crippen LogP contribution in [0.15, 0.2) is 91.0 Å². The monoisotopic (exact) mass is 490 g/mol. The standard InChI is InChI=1S/C31H38O3S/c1-2-3-4-5-9-16-25(30(33)34)23-29(32)24-35-31(26-17-10-6-11-18-26,27-19-12-7-13-20-27)28-21-14-8-15-22-28/h6-8,10-15,17-22,25,29,32H,2-5,9,16,23-24H2,1H3,(H,33,34)/t25-,29-/m1/s1. The summed E-state index contributed by atoms with van der Waals surface area (Å²) < 4.78 is -0.510. The highest BCUT2D eigenvalue weighted by Crippen LogP contribution is 2.48. The molecule has 0 fully saturated rings. The quantitative estimate of drug-likeness (QED) is 0.171. The Hall–Kier alpha value is -2.56. The number of aliphatic hydroxyl groups is 1. The van der Waals surface area contributed by atoms with E-state index in [1.807, 2.05) is 54.6 Å². The molecular weight excluding hydrogens is 452 g/mol. The van der Waals surface area contributed by atoms with Crippen molar-refractivity contribution < 1.29 is 15.0 Å². The zero-order chi connectivity index (χ0) is 24.9. The minimum absolute atomic E-state index is 0.282. The highest BCUT2D eigenvalue weighted by atomic mass is 32.2. The minimum atomic E-state index is -0.801. The van der Waals surface area contributed by atoms with E-state index in [9.17, 15) is 15.0 Å². The highest BCUT2D eigenvalue weighted by molar-refractivity contribution is 8.00. The molecule has 0 bridgehead atoms. The fraction of sp³-hybridized carbons (Fsp3) is 0.387. The van der Waals surface area contributed by atoms with E-state index in [-0.39, 0.29) is 6.42 Å². The van der Waals surface area contributed by atoms with E-state index >= 15 is 0 Å². The van der Waals surface area contributed by atoms with Gasteiger partial charge in [-0.05, 0) is 29.5 Å². The summed E-state index contributed by atoms with van der Waals surface area (Å²) in [7, 11) is 0. The Balaban J connectivity index is 1.83. The van der Waals surface area contributed by atoms with Gasteiger partial charge in [-0.1, -0.05) is 130 Å². The maximum atomic E-state index is 11.9. The van der Waals surface area contributed by atoms with Crippen LogP contribution >= 0.6 is 11.8 Å². The van der Waals surface area contributed by atoms with Gasteiger partial charge in [0, 0.05) is 5.75 Å². The summed E-state index contributed by atoms with van der Waals surface area (Å²) in [4.78, 5) is 11.9. The van der Waals surface area contributed by atoms with E-state index in [2.05, 4.69) is 43.3 Å². The molecule has 0 unspecified atom stereocenters. The van der Waals surface area contributed by atoms with E-state index in [4.69, 9.17) is 0 Å². The lowest BCUT2D eigenvalue weighted by atomic mass is 9.84. The van der Waals surface area contributed by atoms with Crippen LogP contribution in [0.1, 0.15) is 68.6 Å². The smallest absolute Gasteiger partial charge is 0.306 e. The molecule has 3 nitrogen and oxygen atoms in total. The Morgan fingerprint density at radius 3 is 1.66 bits per heavy atom. The molecular formula is C31H38O3S. The molecule has 186 valence electrons. The van der Waals surface area contributed by atoms with Crippen LogP contribution < -0.4 is 0 Å². The predicted octanol–water partition coefficient (Wildman–Crippen LogP) is 7.52. The molecule has 0 aliphatic rings. The van der Waals surface area contributed by atoms with Crippen molar-refractivity contribution in [3.63, 3.8) is 0 Å². The van der Waals surface area contributed by atoms with Crippen molar-refractivity contribution in [3.05, 3.63) is 108 Å². The molecule has 4 heteroatoms. The van der Waals surface area contributed by atoms with Gasteiger partial charge in [0.25, 0.3) is 0 Å². The van der Waals surface area contributed by atoms with E-state index in [0.717, 1.165) is 36.0 Å². The SMILES string of the molecule is CCCCCCC[C@H](C[C@@H](O)CSC(c1ccccc1)(c1ccccc1)c1ccccc1)C(=O)O. The number of aliphatic hydroxyl groups excluding tert-OH is 1. The van der Waals surface area contributed by atoms with E-state index < -0.39 is 22.7 Å². The topological polar surface area (TPSA) is 57.5 Å². The first kappa shape index (κ1) is 27.0. The van der Waals surface area contributed by atoms with E-state index in [1.54, 1.807) is 11.8 Å². The van der Waals surface area contributed by atoms with Crippen molar-refractivity contribution in [1.29, 1.82) is 0 Å². The van der Waals surface area contributed by atoms with Crippen molar-refractivity contribution in [2.75, 3.05) is 5.75 Å². The normalized spacial score (nSPS) is 13.3. The summed E-state index contributed by atoms with van der Waals surface area (Å²) in [6.45, 7) is 2.18. The van der Waals surface area contributed by atoms with Gasteiger partial charge in [-0.25, -0.2) is 0 Å². The second-order valence-electron chi connectivity index (χ2n) is 9.22. The summed E-state index contributed by atoms with van der Waals surface area (Å²) in [5, 5.41) is 20.8. The number of hydrogen-bond acceptors (Lipinski definition) is 3. The van der Waals surface area contributed by atoms with Crippen molar-refractivity contribution >= 4 is 17.7 Å². The first-order chi connectivity index (χ1) is 17.1. The molecule has 0 heterocycles. The molecule has 35 heavy (non-hydrogen) atoms. The Morgan fingerprint density at radius 2 is 1.23 bits per heavy atom. The van der Waals surface area contributed by atoms with Crippen LogP contribution in [0.5, 0.6) is 0 Å². The molecule has 2 N–H and O–H groups in total. The summed E-state index contributed by atoms with van der Waals surface area (Å²) in [5.41, 5.74) is 3.42. The fourth-order valence-corrected chi connectivity index (χ4v) is 6.21. The third-order valence-electron chi connectivity index (χ3n) is 6.60. The average molecular weight is 491 g/mol. The van der Waals surface area contributed by atoms with Crippen LogP contribution in [0, 0.1) is 5.92 Å². The number of rotatable bonds is 15. The molecule has 0 aliphatic carbocycles. The molecule has 0 radical (unpaired) electrons. The maximum Gasteiger partial charge on any atom is 0.306 e. The first-order valence-electron chi connectivity index (χ1n) is 12.8. The van der Waals surface area contributed by atoms with Crippen LogP contribution in [0.2, 0.25) is 0 Å². The Kier molecular flexibility index (Phi) is 10.9. The molecule has 3 rings (SSSR count). The summed E-state index contributed by atoms with van der Waals surface area (Å²) in [6, 6.07) is 31.1. The van der Waals surface area contributed by atoms with Crippen molar-refractivity contribution in [2.24, 2.45) is 5.92 Å². The van der Waals surface area contributed by atoms with E-state index in [1.165, 1.54) is 12.8 Å². The van der Waals surface area contributed by atoms with Crippen LogP contribution in [0.4, 0.5) is 0 Å². The number of carbonyl (C=O) groups is 1. The average Bonchev–Trinajstić information content (AvgIpc) is 2.90. The van der Waals surface area contributed by atoms with Gasteiger partial charge < -0.3 is 10.2 Å². The summed E-state index contributed by atoms with van der Waals surface area (Å²) in [6.07, 6.45) is 5.68. The maximum absolute atomic E-state index is 11.9. The second kappa shape index (κ2) is 14.1. The number of hydrogen-bond donors (Lipinski definition) is 2.